The van der Waals surface area contributed by atoms with E-state index in [0.717, 1.165) is 47.9 Å². The third-order valence-electron chi connectivity index (χ3n) is 6.11. The van der Waals surface area contributed by atoms with Crippen LogP contribution in [0.15, 0.2) is 72.8 Å². The number of phenolic OH excluding ortho intramolecular Hbond substituents is 1. The topological polar surface area (TPSA) is 40.5 Å². The van der Waals surface area contributed by atoms with Gasteiger partial charge in [0.2, 0.25) is 5.91 Å². The van der Waals surface area contributed by atoms with Gasteiger partial charge in [-0.25, -0.2) is 0 Å². The first-order chi connectivity index (χ1) is 17.1. The van der Waals surface area contributed by atoms with Crippen LogP contribution >= 0.6 is 0 Å². The molecule has 0 saturated heterocycles. The van der Waals surface area contributed by atoms with Gasteiger partial charge in [-0.15, -0.1) is 0 Å². The fourth-order valence-corrected chi connectivity index (χ4v) is 3.93. The van der Waals surface area contributed by atoms with Crippen LogP contribution in [0.1, 0.15) is 80.2 Å². The second kappa shape index (κ2) is 14.0. The lowest BCUT2D eigenvalue weighted by Gasteiger charge is -2.23. The van der Waals surface area contributed by atoms with Crippen molar-refractivity contribution in [3.05, 3.63) is 101 Å². The van der Waals surface area contributed by atoms with E-state index in [1.807, 2.05) is 29.2 Å². The summed E-state index contributed by atoms with van der Waals surface area (Å²) in [5.74, 6) is 6.91. The van der Waals surface area contributed by atoms with E-state index < -0.39 is 0 Å². The van der Waals surface area contributed by atoms with Crippen molar-refractivity contribution in [3.63, 3.8) is 0 Å². The summed E-state index contributed by atoms with van der Waals surface area (Å²) in [6.07, 6.45) is 7.18. The van der Waals surface area contributed by atoms with Crippen molar-refractivity contribution in [2.75, 3.05) is 0 Å². The number of rotatable bonds is 11. The van der Waals surface area contributed by atoms with Gasteiger partial charge in [0, 0.05) is 30.6 Å². The number of aryl methyl sites for hydroxylation is 1. The number of hydrogen-bond donors (Lipinski definition) is 1. The van der Waals surface area contributed by atoms with Gasteiger partial charge >= 0.3 is 0 Å². The average Bonchev–Trinajstić information content (AvgIpc) is 2.88. The van der Waals surface area contributed by atoms with Crippen molar-refractivity contribution >= 4 is 5.91 Å². The molecular formula is C32H37NO2. The van der Waals surface area contributed by atoms with Crippen LogP contribution in [0.25, 0.3) is 0 Å². The summed E-state index contributed by atoms with van der Waals surface area (Å²) in [5.41, 5.74) is 5.44. The molecule has 1 amide bonds. The molecule has 3 nitrogen and oxygen atoms in total. The van der Waals surface area contributed by atoms with E-state index in [0.29, 0.717) is 19.5 Å². The second-order valence-electron chi connectivity index (χ2n) is 9.12. The monoisotopic (exact) mass is 467 g/mol. The fourth-order valence-electron chi connectivity index (χ4n) is 3.93. The maximum atomic E-state index is 13.0. The Balaban J connectivity index is 1.65. The van der Waals surface area contributed by atoms with E-state index in [9.17, 15) is 9.90 Å². The summed E-state index contributed by atoms with van der Waals surface area (Å²) in [5, 5.41) is 9.57. The van der Waals surface area contributed by atoms with Crippen molar-refractivity contribution in [1.29, 1.82) is 0 Å². The van der Waals surface area contributed by atoms with Gasteiger partial charge in [0.25, 0.3) is 0 Å². The number of benzene rings is 3. The Hall–Kier alpha value is -3.51. The van der Waals surface area contributed by atoms with Crippen LogP contribution < -0.4 is 0 Å². The molecule has 3 aromatic carbocycles. The number of aromatic hydroxyl groups is 1. The molecule has 3 aromatic rings. The molecule has 0 aliphatic carbocycles. The first kappa shape index (κ1) is 26.1. The molecule has 0 spiro atoms. The molecule has 0 saturated carbocycles. The molecule has 0 fully saturated rings. The average molecular weight is 468 g/mol. The van der Waals surface area contributed by atoms with E-state index in [1.165, 1.54) is 18.4 Å². The molecule has 0 bridgehead atoms. The Morgan fingerprint density at radius 3 is 1.69 bits per heavy atom. The molecule has 3 heteroatoms. The van der Waals surface area contributed by atoms with Crippen molar-refractivity contribution < 1.29 is 9.90 Å². The number of nitrogens with zero attached hydrogens (tertiary/aromatic N) is 1. The highest BCUT2D eigenvalue weighted by Crippen LogP contribution is 2.16. The van der Waals surface area contributed by atoms with Gasteiger partial charge in [-0.3, -0.25) is 4.79 Å². The van der Waals surface area contributed by atoms with Gasteiger partial charge in [-0.05, 0) is 72.4 Å². The number of carbonyl (C=O) groups excluding carboxylic acids is 1. The van der Waals surface area contributed by atoms with Crippen LogP contribution in [0.5, 0.6) is 5.75 Å². The Labute approximate surface area is 210 Å². The van der Waals surface area contributed by atoms with Crippen molar-refractivity contribution in [1.82, 2.24) is 4.90 Å². The quantitative estimate of drug-likeness (QED) is 0.238. The SMILES string of the molecule is CCCCCC(=O)N(Cc1ccc(O)cc1)Cc1ccc(C#Cc2ccc(CCCC)cc2)cc1. The normalized spacial score (nSPS) is 10.5. The lowest BCUT2D eigenvalue weighted by Crippen LogP contribution is -2.29. The molecule has 0 radical (unpaired) electrons. The van der Waals surface area contributed by atoms with Crippen LogP contribution in [0.4, 0.5) is 0 Å². The predicted octanol–water partition coefficient (Wildman–Crippen LogP) is 7.24. The summed E-state index contributed by atoms with van der Waals surface area (Å²) < 4.78 is 0. The van der Waals surface area contributed by atoms with Crippen LogP contribution in [0.2, 0.25) is 0 Å². The van der Waals surface area contributed by atoms with E-state index in [-0.39, 0.29) is 11.7 Å². The minimum atomic E-state index is 0.165. The second-order valence-corrected chi connectivity index (χ2v) is 9.12. The first-order valence-corrected chi connectivity index (χ1v) is 12.8. The van der Waals surface area contributed by atoms with Crippen LogP contribution in [0.3, 0.4) is 0 Å². The third-order valence-corrected chi connectivity index (χ3v) is 6.11. The number of unbranched alkanes of at least 4 members (excludes halogenated alkanes) is 3. The molecule has 0 aliphatic heterocycles. The van der Waals surface area contributed by atoms with Crippen molar-refractivity contribution in [3.8, 4) is 17.6 Å². The Bertz CT molecular complexity index is 1100. The Kier molecular flexibility index (Phi) is 10.5. The number of carbonyl (C=O) groups is 1. The molecular weight excluding hydrogens is 430 g/mol. The molecule has 182 valence electrons. The standard InChI is InChI=1S/C32H37NO2/c1-3-5-7-9-32(35)33(25-30-20-22-31(34)23-21-30)24-29-18-16-28(17-19-29)15-14-27-12-10-26(11-13-27)8-6-4-2/h10-13,16-23,34H,3-9,24-25H2,1-2H3. The van der Waals surface area contributed by atoms with E-state index in [4.69, 9.17) is 0 Å². The lowest BCUT2D eigenvalue weighted by atomic mass is 10.1. The summed E-state index contributed by atoms with van der Waals surface area (Å²) >= 11 is 0. The lowest BCUT2D eigenvalue weighted by molar-refractivity contribution is -0.132. The van der Waals surface area contributed by atoms with Gasteiger partial charge in [0.1, 0.15) is 5.75 Å². The maximum absolute atomic E-state index is 13.0. The molecule has 35 heavy (non-hydrogen) atoms. The smallest absolute Gasteiger partial charge is 0.223 e. The Morgan fingerprint density at radius 2 is 1.17 bits per heavy atom. The minimum Gasteiger partial charge on any atom is -0.508 e. The summed E-state index contributed by atoms with van der Waals surface area (Å²) in [4.78, 5) is 14.9. The van der Waals surface area contributed by atoms with Crippen LogP contribution in [-0.4, -0.2) is 15.9 Å². The Morgan fingerprint density at radius 1 is 0.686 bits per heavy atom. The summed E-state index contributed by atoms with van der Waals surface area (Å²) in [7, 11) is 0. The molecule has 3 rings (SSSR count). The summed E-state index contributed by atoms with van der Waals surface area (Å²) in [6.45, 7) is 5.44. The van der Waals surface area contributed by atoms with Gasteiger partial charge in [0.15, 0.2) is 0 Å². The molecule has 0 unspecified atom stereocenters. The largest absolute Gasteiger partial charge is 0.508 e. The summed E-state index contributed by atoms with van der Waals surface area (Å²) in [6, 6.07) is 23.8. The third kappa shape index (κ3) is 8.98. The predicted molar refractivity (Wildman–Crippen MR) is 144 cm³/mol. The zero-order valence-corrected chi connectivity index (χ0v) is 21.1. The number of phenols is 1. The molecule has 0 aromatic heterocycles. The first-order valence-electron chi connectivity index (χ1n) is 12.8. The highest BCUT2D eigenvalue weighted by atomic mass is 16.3. The van der Waals surface area contributed by atoms with Crippen molar-refractivity contribution in [2.24, 2.45) is 0 Å². The molecule has 0 aliphatic rings. The molecule has 0 heterocycles. The van der Waals surface area contributed by atoms with E-state index >= 15 is 0 Å². The number of hydrogen-bond acceptors (Lipinski definition) is 2. The van der Waals surface area contributed by atoms with Crippen molar-refractivity contribution in [2.45, 2.75) is 71.9 Å². The zero-order chi connectivity index (χ0) is 24.9. The van der Waals surface area contributed by atoms with Crippen LogP contribution in [-0.2, 0) is 24.3 Å². The van der Waals surface area contributed by atoms with E-state index in [1.54, 1.807) is 12.1 Å². The highest BCUT2D eigenvalue weighted by molar-refractivity contribution is 5.76. The van der Waals surface area contributed by atoms with Gasteiger partial charge in [0.05, 0.1) is 0 Å². The van der Waals surface area contributed by atoms with Gasteiger partial charge < -0.3 is 10.0 Å². The maximum Gasteiger partial charge on any atom is 0.223 e. The minimum absolute atomic E-state index is 0.165. The fraction of sp³-hybridized carbons (Fsp3) is 0.344. The van der Waals surface area contributed by atoms with Crippen LogP contribution in [0, 0.1) is 11.8 Å². The number of amides is 1. The van der Waals surface area contributed by atoms with E-state index in [2.05, 4.69) is 62.1 Å². The highest BCUT2D eigenvalue weighted by Gasteiger charge is 2.14. The molecule has 1 N–H and O–H groups in total. The zero-order valence-electron chi connectivity index (χ0n) is 21.1. The van der Waals surface area contributed by atoms with Gasteiger partial charge in [-0.2, -0.15) is 0 Å². The van der Waals surface area contributed by atoms with Gasteiger partial charge in [-0.1, -0.05) is 81.3 Å². The molecule has 0 atom stereocenters.